The van der Waals surface area contributed by atoms with Gasteiger partial charge in [0.15, 0.2) is 11.9 Å². The van der Waals surface area contributed by atoms with Gasteiger partial charge in [-0.1, -0.05) is 27.7 Å². The molecule has 0 spiro atoms. The highest BCUT2D eigenvalue weighted by atomic mass is 16.5. The summed E-state index contributed by atoms with van der Waals surface area (Å²) < 4.78 is 5.68. The van der Waals surface area contributed by atoms with Gasteiger partial charge in [0.1, 0.15) is 0 Å². The summed E-state index contributed by atoms with van der Waals surface area (Å²) in [6.45, 7) is 8.04. The van der Waals surface area contributed by atoms with E-state index in [0.29, 0.717) is 5.92 Å². The normalized spacial score (nSPS) is 22.1. The Morgan fingerprint density at radius 1 is 1.43 bits per heavy atom. The molecular formula is C12H20O2. The number of allylic oxidation sites excluding steroid dienone is 2. The predicted molar refractivity (Wildman–Crippen MR) is 56.9 cm³/mol. The second-order valence-electron chi connectivity index (χ2n) is 4.50. The first-order valence-electron chi connectivity index (χ1n) is 5.42. The summed E-state index contributed by atoms with van der Waals surface area (Å²) in [6.07, 6.45) is 3.72. The number of carbonyl (C=O) groups is 1. The van der Waals surface area contributed by atoms with Gasteiger partial charge in [0.05, 0.1) is 5.76 Å². The molecule has 0 aliphatic carbocycles. The smallest absolute Gasteiger partial charge is 0.175 e. The van der Waals surface area contributed by atoms with E-state index in [2.05, 4.69) is 19.9 Å². The molecule has 1 atom stereocenters. The van der Waals surface area contributed by atoms with Crippen molar-refractivity contribution < 1.29 is 9.53 Å². The molecule has 14 heavy (non-hydrogen) atoms. The van der Waals surface area contributed by atoms with Crippen LogP contribution in [0.15, 0.2) is 11.8 Å². The van der Waals surface area contributed by atoms with E-state index in [1.807, 2.05) is 13.8 Å². The third kappa shape index (κ3) is 2.60. The van der Waals surface area contributed by atoms with Gasteiger partial charge in [0.25, 0.3) is 0 Å². The maximum atomic E-state index is 11.7. The zero-order valence-corrected chi connectivity index (χ0v) is 9.54. The lowest BCUT2D eigenvalue weighted by molar-refractivity contribution is -0.132. The Hall–Kier alpha value is -0.790. The highest BCUT2D eigenvalue weighted by Gasteiger charge is 2.26. The predicted octanol–water partition coefficient (Wildman–Crippen LogP) is 2.93. The molecule has 0 fully saturated rings. The Balaban J connectivity index is 2.61. The fourth-order valence-corrected chi connectivity index (χ4v) is 1.59. The number of hydrogen-bond acceptors (Lipinski definition) is 2. The minimum absolute atomic E-state index is 0.0755. The highest BCUT2D eigenvalue weighted by molar-refractivity contribution is 5.85. The average Bonchev–Trinajstić information content (AvgIpc) is 2.16. The fraction of sp³-hybridized carbons (Fsp3) is 0.750. The highest BCUT2D eigenvalue weighted by Crippen LogP contribution is 2.24. The summed E-state index contributed by atoms with van der Waals surface area (Å²) >= 11 is 0. The molecule has 0 saturated heterocycles. The molecule has 0 N–H and O–H groups in total. The molecule has 1 rings (SSSR count). The van der Waals surface area contributed by atoms with Crippen LogP contribution in [-0.2, 0) is 9.53 Å². The van der Waals surface area contributed by atoms with Gasteiger partial charge in [-0.05, 0) is 18.9 Å². The summed E-state index contributed by atoms with van der Waals surface area (Å²) in [4.78, 5) is 11.7. The van der Waals surface area contributed by atoms with Crippen LogP contribution in [0.5, 0.6) is 0 Å². The minimum Gasteiger partial charge on any atom is -0.487 e. The van der Waals surface area contributed by atoms with Crippen LogP contribution in [0.1, 0.15) is 40.5 Å². The van der Waals surface area contributed by atoms with Crippen molar-refractivity contribution >= 4 is 5.78 Å². The molecule has 1 aliphatic rings. The van der Waals surface area contributed by atoms with Crippen LogP contribution in [0, 0.1) is 11.8 Å². The van der Waals surface area contributed by atoms with Crippen molar-refractivity contribution in [1.82, 2.24) is 0 Å². The number of ether oxygens (including phenoxy) is 1. The van der Waals surface area contributed by atoms with Crippen molar-refractivity contribution in [2.45, 2.75) is 46.6 Å². The van der Waals surface area contributed by atoms with Gasteiger partial charge in [0.2, 0.25) is 0 Å². The Labute approximate surface area is 86.3 Å². The molecule has 2 nitrogen and oxygen atoms in total. The fourth-order valence-electron chi connectivity index (χ4n) is 1.59. The van der Waals surface area contributed by atoms with Crippen LogP contribution >= 0.6 is 0 Å². The second kappa shape index (κ2) is 4.63. The van der Waals surface area contributed by atoms with E-state index in [0.717, 1.165) is 18.6 Å². The lowest BCUT2D eigenvalue weighted by atomic mass is 9.97. The van der Waals surface area contributed by atoms with Gasteiger partial charge in [0, 0.05) is 11.8 Å². The molecule has 1 unspecified atom stereocenters. The van der Waals surface area contributed by atoms with Crippen molar-refractivity contribution in [2.24, 2.45) is 11.8 Å². The molecule has 0 bridgehead atoms. The van der Waals surface area contributed by atoms with Crippen molar-refractivity contribution in [3.05, 3.63) is 11.8 Å². The molecule has 0 aromatic rings. The second-order valence-corrected chi connectivity index (χ2v) is 4.50. The maximum absolute atomic E-state index is 11.7. The molecular weight excluding hydrogens is 176 g/mol. The van der Waals surface area contributed by atoms with E-state index in [-0.39, 0.29) is 17.8 Å². The summed E-state index contributed by atoms with van der Waals surface area (Å²) in [5.74, 6) is 1.68. The topological polar surface area (TPSA) is 26.3 Å². The summed E-state index contributed by atoms with van der Waals surface area (Å²) in [7, 11) is 0. The summed E-state index contributed by atoms with van der Waals surface area (Å²) in [5.41, 5.74) is 0. The first kappa shape index (κ1) is 11.3. The number of carbonyl (C=O) groups excluding carboxylic acids is 1. The van der Waals surface area contributed by atoms with Crippen molar-refractivity contribution in [2.75, 3.05) is 0 Å². The number of ketones is 1. The van der Waals surface area contributed by atoms with Crippen LogP contribution < -0.4 is 0 Å². The van der Waals surface area contributed by atoms with Crippen LogP contribution in [0.3, 0.4) is 0 Å². The molecule has 0 amide bonds. The lowest BCUT2D eigenvalue weighted by Crippen LogP contribution is -2.30. The van der Waals surface area contributed by atoms with E-state index in [1.54, 1.807) is 0 Å². The quantitative estimate of drug-likeness (QED) is 0.693. The Morgan fingerprint density at radius 2 is 2.07 bits per heavy atom. The van der Waals surface area contributed by atoms with Gasteiger partial charge in [-0.3, -0.25) is 4.79 Å². The third-order valence-corrected chi connectivity index (χ3v) is 2.51. The summed E-state index contributed by atoms with van der Waals surface area (Å²) in [5, 5.41) is 0. The zero-order chi connectivity index (χ0) is 10.7. The Bertz CT molecular complexity index is 239. The molecule has 1 heterocycles. The Morgan fingerprint density at radius 3 is 2.57 bits per heavy atom. The van der Waals surface area contributed by atoms with Crippen LogP contribution in [0.4, 0.5) is 0 Å². The molecule has 0 aromatic carbocycles. The van der Waals surface area contributed by atoms with Crippen molar-refractivity contribution in [3.63, 3.8) is 0 Å². The zero-order valence-electron chi connectivity index (χ0n) is 9.54. The lowest BCUT2D eigenvalue weighted by Gasteiger charge is -2.26. The minimum atomic E-state index is -0.197. The van der Waals surface area contributed by atoms with E-state index >= 15 is 0 Å². The molecule has 0 saturated carbocycles. The van der Waals surface area contributed by atoms with Crippen molar-refractivity contribution in [1.29, 1.82) is 0 Å². The summed E-state index contributed by atoms with van der Waals surface area (Å²) in [6, 6.07) is 0. The van der Waals surface area contributed by atoms with E-state index in [1.165, 1.54) is 0 Å². The van der Waals surface area contributed by atoms with Crippen molar-refractivity contribution in [3.8, 4) is 0 Å². The van der Waals surface area contributed by atoms with Gasteiger partial charge in [-0.15, -0.1) is 0 Å². The van der Waals surface area contributed by atoms with Crippen LogP contribution in [-0.4, -0.2) is 11.9 Å². The molecule has 0 radical (unpaired) electrons. The average molecular weight is 196 g/mol. The van der Waals surface area contributed by atoms with Gasteiger partial charge >= 0.3 is 0 Å². The SMILES string of the molecule is CC(C)C(=O)C1CCC=C(C(C)C)O1. The molecule has 1 aliphatic heterocycles. The van der Waals surface area contributed by atoms with E-state index in [9.17, 15) is 4.79 Å². The van der Waals surface area contributed by atoms with E-state index < -0.39 is 0 Å². The molecule has 2 heteroatoms. The van der Waals surface area contributed by atoms with Gasteiger partial charge in [-0.2, -0.15) is 0 Å². The standard InChI is InChI=1S/C12H20O2/c1-8(2)10-6-5-7-11(14-10)12(13)9(3)4/h6,8-9,11H,5,7H2,1-4H3. The third-order valence-electron chi connectivity index (χ3n) is 2.51. The first-order chi connectivity index (χ1) is 6.52. The number of Topliss-reactive ketones (excluding diaryl/α,β-unsaturated/α-hetero) is 1. The Kier molecular flexibility index (Phi) is 3.73. The number of hydrogen-bond donors (Lipinski definition) is 0. The maximum Gasteiger partial charge on any atom is 0.175 e. The van der Waals surface area contributed by atoms with Gasteiger partial charge < -0.3 is 4.74 Å². The van der Waals surface area contributed by atoms with Gasteiger partial charge in [-0.25, -0.2) is 0 Å². The van der Waals surface area contributed by atoms with E-state index in [4.69, 9.17) is 4.74 Å². The first-order valence-corrected chi connectivity index (χ1v) is 5.42. The van der Waals surface area contributed by atoms with Crippen LogP contribution in [0.25, 0.3) is 0 Å². The largest absolute Gasteiger partial charge is 0.487 e. The molecule has 80 valence electrons. The number of rotatable bonds is 3. The monoisotopic (exact) mass is 196 g/mol. The molecule has 0 aromatic heterocycles. The van der Waals surface area contributed by atoms with Crippen LogP contribution in [0.2, 0.25) is 0 Å².